The van der Waals surface area contributed by atoms with Crippen molar-refractivity contribution < 1.29 is 27.7 Å². The minimum Gasteiger partial charge on any atom is -0.756 e. The summed E-state index contributed by atoms with van der Waals surface area (Å²) >= 11 is 0. The van der Waals surface area contributed by atoms with E-state index in [4.69, 9.17) is 19.5 Å². The van der Waals surface area contributed by atoms with E-state index in [1.165, 1.54) is 83.5 Å². The molecule has 0 heterocycles. The Morgan fingerprint density at radius 2 is 1.22 bits per heavy atom. The van der Waals surface area contributed by atoms with Crippen LogP contribution >= 0.6 is 7.82 Å². The van der Waals surface area contributed by atoms with E-state index in [0.717, 1.165) is 6.42 Å². The molecule has 8 heteroatoms. The van der Waals surface area contributed by atoms with Crippen LogP contribution in [0.2, 0.25) is 0 Å². The van der Waals surface area contributed by atoms with Crippen LogP contribution in [0.3, 0.4) is 0 Å². The van der Waals surface area contributed by atoms with Crippen molar-refractivity contribution in [2.24, 2.45) is 5.73 Å². The average Bonchev–Trinajstić information content (AvgIpc) is 2.71. The van der Waals surface area contributed by atoms with Gasteiger partial charge in [0.15, 0.2) is 0 Å². The number of hydrogen-bond donors (Lipinski definition) is 1. The minimum atomic E-state index is -4.30. The smallest absolute Gasteiger partial charge is 0.268 e. The zero-order valence-electron chi connectivity index (χ0n) is 21.5. The van der Waals surface area contributed by atoms with Gasteiger partial charge in [-0.05, 0) is 6.42 Å². The lowest BCUT2D eigenvalue weighted by atomic mass is 10.0. The highest BCUT2D eigenvalue weighted by molar-refractivity contribution is 7.45. The quantitative estimate of drug-likeness (QED) is 0.118. The van der Waals surface area contributed by atoms with Gasteiger partial charge in [0.1, 0.15) is 13.2 Å². The molecule has 2 atom stereocenters. The van der Waals surface area contributed by atoms with Gasteiger partial charge in [-0.2, -0.15) is 0 Å². The highest BCUT2D eigenvalue weighted by Crippen LogP contribution is 2.38. The summed E-state index contributed by atoms with van der Waals surface area (Å²) in [6.07, 6.45) is 18.6. The number of nitrogens with zero attached hydrogens (tertiary/aromatic N) is 1. The maximum atomic E-state index is 11.7. The van der Waals surface area contributed by atoms with Crippen LogP contribution in [0.1, 0.15) is 96.8 Å². The third-order valence-corrected chi connectivity index (χ3v) is 6.40. The van der Waals surface area contributed by atoms with Crippen molar-refractivity contribution in [3.05, 3.63) is 0 Å². The molecule has 0 fully saturated rings. The van der Waals surface area contributed by atoms with Crippen molar-refractivity contribution in [3.8, 4) is 0 Å². The van der Waals surface area contributed by atoms with Crippen LogP contribution in [0.4, 0.5) is 0 Å². The number of rotatable bonds is 24. The fourth-order valence-electron chi connectivity index (χ4n) is 3.33. The largest absolute Gasteiger partial charge is 0.756 e. The number of likely N-dealkylation sites (N-methyl/N-ethyl adjacent to an activating group) is 1. The van der Waals surface area contributed by atoms with Crippen molar-refractivity contribution in [2.75, 3.05) is 54.1 Å². The Balaban J connectivity index is 3.40. The van der Waals surface area contributed by atoms with Crippen LogP contribution in [-0.4, -0.2) is 64.6 Å². The number of nitrogens with two attached hydrogens (primary N) is 1. The second kappa shape index (κ2) is 20.4. The van der Waals surface area contributed by atoms with E-state index in [1.807, 2.05) is 21.1 Å². The van der Waals surface area contributed by atoms with Gasteiger partial charge in [0.05, 0.1) is 40.4 Å². The first-order valence-corrected chi connectivity index (χ1v) is 14.4. The summed E-state index contributed by atoms with van der Waals surface area (Å²) in [6.45, 7) is 3.75. The topological polar surface area (TPSA) is 93.8 Å². The van der Waals surface area contributed by atoms with Crippen molar-refractivity contribution in [1.82, 2.24) is 0 Å². The summed E-state index contributed by atoms with van der Waals surface area (Å²) < 4.78 is 27.6. The average molecular weight is 481 g/mol. The number of phosphoric ester groups is 1. The summed E-state index contributed by atoms with van der Waals surface area (Å²) in [5, 5.41) is 0. The van der Waals surface area contributed by atoms with Gasteiger partial charge in [-0.1, -0.05) is 90.4 Å². The second-order valence-electron chi connectivity index (χ2n) is 10.0. The molecule has 0 aliphatic rings. The molecule has 0 aliphatic carbocycles. The van der Waals surface area contributed by atoms with E-state index < -0.39 is 13.9 Å². The zero-order valence-corrected chi connectivity index (χ0v) is 22.4. The first kappa shape index (κ1) is 32.0. The normalized spacial score (nSPS) is 15.1. The van der Waals surface area contributed by atoms with E-state index in [9.17, 15) is 9.46 Å². The second-order valence-corrected chi connectivity index (χ2v) is 11.4. The lowest BCUT2D eigenvalue weighted by molar-refractivity contribution is -0.870. The summed E-state index contributed by atoms with van der Waals surface area (Å²) in [5.74, 6) is 0. The molecule has 0 aromatic carbocycles. The molecule has 0 bridgehead atoms. The molecule has 0 aromatic rings. The van der Waals surface area contributed by atoms with Gasteiger partial charge in [-0.3, -0.25) is 4.57 Å². The van der Waals surface area contributed by atoms with Gasteiger partial charge in [0.2, 0.25) is 0 Å². The third kappa shape index (κ3) is 24.6. The van der Waals surface area contributed by atoms with Crippen molar-refractivity contribution in [1.29, 1.82) is 0 Å². The fraction of sp³-hybridized carbons (Fsp3) is 1.00. The summed E-state index contributed by atoms with van der Waals surface area (Å²) in [5.41, 5.74) is 5.87. The van der Waals surface area contributed by atoms with E-state index in [0.29, 0.717) is 17.6 Å². The maximum absolute atomic E-state index is 11.7. The van der Waals surface area contributed by atoms with Gasteiger partial charge in [0, 0.05) is 6.61 Å². The van der Waals surface area contributed by atoms with Gasteiger partial charge in [-0.25, -0.2) is 0 Å². The van der Waals surface area contributed by atoms with Crippen molar-refractivity contribution >= 4 is 7.82 Å². The molecule has 0 rings (SSSR count). The van der Waals surface area contributed by atoms with Gasteiger partial charge in [-0.15, -0.1) is 0 Å². The zero-order chi connectivity index (χ0) is 24.1. The van der Waals surface area contributed by atoms with Gasteiger partial charge < -0.3 is 28.9 Å². The maximum Gasteiger partial charge on any atom is 0.268 e. The van der Waals surface area contributed by atoms with E-state index in [1.54, 1.807) is 0 Å². The Labute approximate surface area is 198 Å². The van der Waals surface area contributed by atoms with Gasteiger partial charge in [0.25, 0.3) is 7.82 Å². The van der Waals surface area contributed by atoms with Crippen molar-refractivity contribution in [2.45, 2.75) is 103 Å². The fourth-order valence-corrected chi connectivity index (χ4v) is 4.09. The Morgan fingerprint density at radius 1 is 0.750 bits per heavy atom. The highest BCUT2D eigenvalue weighted by Gasteiger charge is 2.15. The van der Waals surface area contributed by atoms with Gasteiger partial charge >= 0.3 is 0 Å². The highest BCUT2D eigenvalue weighted by atomic mass is 31.2. The predicted octanol–water partition coefficient (Wildman–Crippen LogP) is 5.02. The van der Waals surface area contributed by atoms with E-state index >= 15 is 0 Å². The number of quaternary nitrogens is 1. The Morgan fingerprint density at radius 3 is 1.69 bits per heavy atom. The first-order chi connectivity index (χ1) is 15.2. The number of hydrogen-bond acceptors (Lipinski definition) is 6. The molecule has 0 saturated heterocycles. The molecule has 0 spiro atoms. The number of unbranched alkanes of at least 4 members (excludes halogenated alkanes) is 13. The molecular weight excluding hydrogens is 427 g/mol. The van der Waals surface area contributed by atoms with Crippen LogP contribution in [0.15, 0.2) is 0 Å². The van der Waals surface area contributed by atoms with Crippen LogP contribution in [0.5, 0.6) is 0 Å². The summed E-state index contributed by atoms with van der Waals surface area (Å²) in [6, 6.07) is -0.481. The molecule has 0 aliphatic heterocycles. The summed E-state index contributed by atoms with van der Waals surface area (Å²) in [7, 11) is 1.59. The minimum absolute atomic E-state index is 0.0924. The molecule has 7 nitrogen and oxygen atoms in total. The first-order valence-electron chi connectivity index (χ1n) is 12.9. The molecule has 0 radical (unpaired) electrons. The molecule has 0 amide bonds. The van der Waals surface area contributed by atoms with Crippen molar-refractivity contribution in [3.63, 3.8) is 0 Å². The standard InChI is InChI=1S/C24H53N2O5P/c1-5-6-7-8-9-10-11-12-13-14-15-16-17-18-20-29-22-24(25)23-31-32(27,28)30-21-19-26(2,3)4/h24H,5-23,25H2,1-4H3. The van der Waals surface area contributed by atoms with Crippen LogP contribution in [-0.2, 0) is 18.3 Å². The van der Waals surface area contributed by atoms with E-state index in [2.05, 4.69) is 6.92 Å². The summed E-state index contributed by atoms with van der Waals surface area (Å²) in [4.78, 5) is 11.7. The van der Waals surface area contributed by atoms with Crippen LogP contribution in [0.25, 0.3) is 0 Å². The third-order valence-electron chi connectivity index (χ3n) is 5.43. The molecule has 0 aromatic heterocycles. The van der Waals surface area contributed by atoms with Crippen LogP contribution in [0, 0.1) is 0 Å². The Hall–Kier alpha value is -0.0100. The van der Waals surface area contributed by atoms with E-state index in [-0.39, 0.29) is 19.8 Å². The number of ether oxygens (including phenoxy) is 1. The molecule has 194 valence electrons. The Kier molecular flexibility index (Phi) is 20.4. The Bertz CT molecular complexity index is 460. The molecule has 0 saturated carbocycles. The molecule has 32 heavy (non-hydrogen) atoms. The lowest BCUT2D eigenvalue weighted by Gasteiger charge is -2.27. The molecule has 2 N–H and O–H groups in total. The molecular formula is C24H53N2O5P. The lowest BCUT2D eigenvalue weighted by Crippen LogP contribution is -2.38. The monoisotopic (exact) mass is 480 g/mol. The van der Waals surface area contributed by atoms with Crippen LogP contribution < -0.4 is 10.6 Å². The predicted molar refractivity (Wildman–Crippen MR) is 132 cm³/mol. The SMILES string of the molecule is CCCCCCCCCCCCCCCCOCC(N)COP(=O)([O-])OCC[N+](C)(C)C. The number of phosphoric acid groups is 1. The molecule has 2 unspecified atom stereocenters.